The van der Waals surface area contributed by atoms with Crippen molar-refractivity contribution in [1.29, 1.82) is 0 Å². The van der Waals surface area contributed by atoms with Gasteiger partial charge >= 0.3 is 0 Å². The van der Waals surface area contributed by atoms with E-state index < -0.39 is 6.10 Å². The fourth-order valence-corrected chi connectivity index (χ4v) is 4.19. The van der Waals surface area contributed by atoms with Gasteiger partial charge in [0.05, 0.1) is 4.88 Å². The van der Waals surface area contributed by atoms with Crippen LogP contribution < -0.4 is 9.64 Å². The normalized spacial score (nSPS) is 15.2. The van der Waals surface area contributed by atoms with Gasteiger partial charge in [-0.05, 0) is 67.6 Å². The van der Waals surface area contributed by atoms with Crippen LogP contribution in [0.2, 0.25) is 0 Å². The summed E-state index contributed by atoms with van der Waals surface area (Å²) in [4.78, 5) is 18.0. The summed E-state index contributed by atoms with van der Waals surface area (Å²) in [7, 11) is 0. The van der Waals surface area contributed by atoms with E-state index >= 15 is 0 Å². The molecule has 30 heavy (non-hydrogen) atoms. The molecule has 3 aromatic rings. The number of ether oxygens (including phenoxy) is 1. The number of benzene rings is 1. The molecule has 0 N–H and O–H groups in total. The van der Waals surface area contributed by atoms with Crippen LogP contribution in [-0.2, 0) is 4.79 Å². The standard InChI is InChI=1S/C23H26N4O2S/c1-16-6-7-19(15-17(16)2)29-18(3)23(28)27-12-10-26(11-13-27)22-9-8-20(24-25-22)21-5-4-14-30-21/h4-9,14-15,18H,10-13H2,1-3H3. The molecule has 1 aliphatic heterocycles. The van der Waals surface area contributed by atoms with Crippen molar-refractivity contribution in [1.82, 2.24) is 15.1 Å². The van der Waals surface area contributed by atoms with Crippen LogP contribution in [0.15, 0.2) is 47.8 Å². The Balaban J connectivity index is 1.32. The molecule has 0 radical (unpaired) electrons. The Hall–Kier alpha value is -2.93. The molecule has 2 aromatic heterocycles. The molecule has 3 heterocycles. The maximum Gasteiger partial charge on any atom is 0.263 e. The molecule has 1 saturated heterocycles. The molecule has 1 fully saturated rings. The Morgan fingerprint density at radius 3 is 2.47 bits per heavy atom. The highest BCUT2D eigenvalue weighted by Gasteiger charge is 2.26. The minimum absolute atomic E-state index is 0.0204. The topological polar surface area (TPSA) is 58.6 Å². The molecule has 0 saturated carbocycles. The summed E-state index contributed by atoms with van der Waals surface area (Å²) < 4.78 is 5.90. The predicted molar refractivity (Wildman–Crippen MR) is 120 cm³/mol. The molecule has 7 heteroatoms. The lowest BCUT2D eigenvalue weighted by molar-refractivity contribution is -0.138. The van der Waals surface area contributed by atoms with Crippen molar-refractivity contribution in [3.63, 3.8) is 0 Å². The first-order valence-electron chi connectivity index (χ1n) is 10.2. The van der Waals surface area contributed by atoms with Gasteiger partial charge in [0.15, 0.2) is 11.9 Å². The number of aryl methyl sites for hydroxylation is 2. The van der Waals surface area contributed by atoms with Gasteiger partial charge in [-0.1, -0.05) is 12.1 Å². The third-order valence-electron chi connectivity index (χ3n) is 5.48. The van der Waals surface area contributed by atoms with Gasteiger partial charge in [-0.3, -0.25) is 4.79 Å². The molecule has 1 unspecified atom stereocenters. The van der Waals surface area contributed by atoms with E-state index in [2.05, 4.69) is 22.0 Å². The molecular weight excluding hydrogens is 396 g/mol. The van der Waals surface area contributed by atoms with Crippen molar-refractivity contribution in [2.45, 2.75) is 26.9 Å². The average molecular weight is 423 g/mol. The number of nitrogens with zero attached hydrogens (tertiary/aromatic N) is 4. The number of piperazine rings is 1. The van der Waals surface area contributed by atoms with Crippen LogP contribution in [0.5, 0.6) is 5.75 Å². The Kier molecular flexibility index (Phi) is 5.99. The maximum atomic E-state index is 12.8. The summed E-state index contributed by atoms with van der Waals surface area (Å²) in [6.07, 6.45) is -0.511. The molecule has 1 aromatic carbocycles. The molecule has 1 atom stereocenters. The zero-order chi connectivity index (χ0) is 21.1. The minimum Gasteiger partial charge on any atom is -0.481 e. The van der Waals surface area contributed by atoms with Crippen molar-refractivity contribution in [2.75, 3.05) is 31.1 Å². The monoisotopic (exact) mass is 422 g/mol. The summed E-state index contributed by atoms with van der Waals surface area (Å²) >= 11 is 1.65. The van der Waals surface area contributed by atoms with E-state index in [-0.39, 0.29) is 5.91 Å². The van der Waals surface area contributed by atoms with E-state index in [9.17, 15) is 4.79 Å². The molecule has 6 nitrogen and oxygen atoms in total. The van der Waals surface area contributed by atoms with Crippen molar-refractivity contribution < 1.29 is 9.53 Å². The lowest BCUT2D eigenvalue weighted by Crippen LogP contribution is -2.52. The average Bonchev–Trinajstić information content (AvgIpc) is 3.31. The zero-order valence-corrected chi connectivity index (χ0v) is 18.4. The quantitative estimate of drug-likeness (QED) is 0.623. The van der Waals surface area contributed by atoms with Gasteiger partial charge in [-0.25, -0.2) is 0 Å². The highest BCUT2D eigenvalue weighted by molar-refractivity contribution is 7.13. The third kappa shape index (κ3) is 4.46. The number of carbonyl (C=O) groups is 1. The second-order valence-corrected chi connectivity index (χ2v) is 8.52. The maximum absolute atomic E-state index is 12.8. The molecule has 1 aliphatic rings. The molecular formula is C23H26N4O2S. The highest BCUT2D eigenvalue weighted by Crippen LogP contribution is 2.24. The Morgan fingerprint density at radius 2 is 1.83 bits per heavy atom. The molecule has 0 spiro atoms. The largest absolute Gasteiger partial charge is 0.481 e. The summed E-state index contributed by atoms with van der Waals surface area (Å²) in [5.74, 6) is 1.60. The van der Waals surface area contributed by atoms with Crippen LogP contribution in [0.3, 0.4) is 0 Å². The summed E-state index contributed by atoms with van der Waals surface area (Å²) in [5.41, 5.74) is 3.26. The van der Waals surface area contributed by atoms with Gasteiger partial charge in [0.1, 0.15) is 11.4 Å². The van der Waals surface area contributed by atoms with Gasteiger partial charge in [-0.15, -0.1) is 21.5 Å². The van der Waals surface area contributed by atoms with E-state index in [4.69, 9.17) is 4.74 Å². The number of hydrogen-bond acceptors (Lipinski definition) is 6. The van der Waals surface area contributed by atoms with Crippen molar-refractivity contribution in [2.24, 2.45) is 0 Å². The van der Waals surface area contributed by atoms with Gasteiger partial charge in [0.25, 0.3) is 5.91 Å². The van der Waals surface area contributed by atoms with Crippen molar-refractivity contribution in [3.8, 4) is 16.3 Å². The number of hydrogen-bond donors (Lipinski definition) is 0. The number of amides is 1. The van der Waals surface area contributed by atoms with E-state index in [0.29, 0.717) is 13.1 Å². The van der Waals surface area contributed by atoms with Gasteiger partial charge in [-0.2, -0.15) is 0 Å². The third-order valence-corrected chi connectivity index (χ3v) is 6.37. The smallest absolute Gasteiger partial charge is 0.263 e. The minimum atomic E-state index is -0.511. The van der Waals surface area contributed by atoms with E-state index in [1.54, 1.807) is 11.3 Å². The first-order chi connectivity index (χ1) is 14.5. The first-order valence-corrected chi connectivity index (χ1v) is 11.0. The fourth-order valence-electron chi connectivity index (χ4n) is 3.50. The highest BCUT2D eigenvalue weighted by atomic mass is 32.1. The van der Waals surface area contributed by atoms with Crippen LogP contribution in [0.4, 0.5) is 5.82 Å². The lowest BCUT2D eigenvalue weighted by Gasteiger charge is -2.36. The summed E-state index contributed by atoms with van der Waals surface area (Å²) in [6, 6.07) is 14.0. The van der Waals surface area contributed by atoms with Gasteiger partial charge < -0.3 is 14.5 Å². The van der Waals surface area contributed by atoms with Crippen LogP contribution in [-0.4, -0.2) is 53.3 Å². The van der Waals surface area contributed by atoms with Gasteiger partial charge in [0, 0.05) is 26.2 Å². The second kappa shape index (κ2) is 8.83. The van der Waals surface area contributed by atoms with E-state index in [0.717, 1.165) is 40.8 Å². The number of anilines is 1. The SMILES string of the molecule is Cc1ccc(OC(C)C(=O)N2CCN(c3ccc(-c4cccs4)nn3)CC2)cc1C. The van der Waals surface area contributed by atoms with Gasteiger partial charge in [0.2, 0.25) is 0 Å². The second-order valence-electron chi connectivity index (χ2n) is 7.57. The lowest BCUT2D eigenvalue weighted by atomic mass is 10.1. The van der Waals surface area contributed by atoms with Crippen molar-refractivity contribution >= 4 is 23.1 Å². The summed E-state index contributed by atoms with van der Waals surface area (Å²) in [6.45, 7) is 8.68. The predicted octanol–water partition coefficient (Wildman–Crippen LogP) is 3.94. The zero-order valence-electron chi connectivity index (χ0n) is 17.5. The van der Waals surface area contributed by atoms with Crippen LogP contribution >= 0.6 is 11.3 Å². The van der Waals surface area contributed by atoms with Crippen LogP contribution in [0, 0.1) is 13.8 Å². The number of rotatable bonds is 5. The molecule has 156 valence electrons. The Labute approximate surface area is 181 Å². The van der Waals surface area contributed by atoms with Crippen LogP contribution in [0.1, 0.15) is 18.1 Å². The Morgan fingerprint density at radius 1 is 1.03 bits per heavy atom. The number of aromatic nitrogens is 2. The molecule has 0 bridgehead atoms. The number of thiophene rings is 1. The van der Waals surface area contributed by atoms with E-state index in [1.165, 1.54) is 5.56 Å². The molecule has 0 aliphatic carbocycles. The first kappa shape index (κ1) is 20.3. The molecule has 1 amide bonds. The molecule has 4 rings (SSSR count). The summed E-state index contributed by atoms with van der Waals surface area (Å²) in [5, 5.41) is 10.8. The Bertz CT molecular complexity index is 997. The van der Waals surface area contributed by atoms with Crippen molar-refractivity contribution in [3.05, 3.63) is 59.0 Å². The fraction of sp³-hybridized carbons (Fsp3) is 0.348. The van der Waals surface area contributed by atoms with Crippen LogP contribution in [0.25, 0.3) is 10.6 Å². The van der Waals surface area contributed by atoms with E-state index in [1.807, 2.05) is 66.6 Å². The number of carbonyl (C=O) groups excluding carboxylic acids is 1.